The molecule has 2 aromatic carbocycles. The molecule has 2 N–H and O–H groups in total. The van der Waals surface area contributed by atoms with Crippen molar-refractivity contribution in [1.29, 1.82) is 0 Å². The van der Waals surface area contributed by atoms with Gasteiger partial charge in [-0.2, -0.15) is 0 Å². The van der Waals surface area contributed by atoms with Crippen LogP contribution in [0.15, 0.2) is 52.9 Å². The second-order valence-corrected chi connectivity index (χ2v) is 15.8. The van der Waals surface area contributed by atoms with Crippen LogP contribution >= 0.6 is 11.6 Å². The number of halogens is 2. The largest absolute Gasteiger partial charge is 0.491 e. The summed E-state index contributed by atoms with van der Waals surface area (Å²) < 4.78 is 46.6. The van der Waals surface area contributed by atoms with Gasteiger partial charge in [0.1, 0.15) is 21.8 Å². The molecule has 2 aliphatic carbocycles. The summed E-state index contributed by atoms with van der Waals surface area (Å²) in [5.41, 5.74) is 3.35. The number of hydrogen-bond acceptors (Lipinski definition) is 6. The van der Waals surface area contributed by atoms with Gasteiger partial charge in [0.2, 0.25) is 0 Å². The molecule has 254 valence electrons. The zero-order valence-corrected chi connectivity index (χ0v) is 28.5. The van der Waals surface area contributed by atoms with E-state index in [2.05, 4.69) is 31.4 Å². The van der Waals surface area contributed by atoms with Crippen molar-refractivity contribution in [3.8, 4) is 5.75 Å². The van der Waals surface area contributed by atoms with Gasteiger partial charge in [-0.25, -0.2) is 13.4 Å². The standard InChI is InChI=1S/C35H44ClFN4O5S/c1-22-6-5-8-32(45-2)28-13-10-26(28)20-41-19-25-9-12-27(36)16-23(25)7-3-4-15-46-33-14-11-24(17-31(33)41)34(42)39-47(44,21-22)40-35(43)38-30-18-29(30)37/h5,8-9,11-12,14,16-17,22,26,28-30,32H,3-4,6-7,10,13,15,18-21H2,1-2H3,(H2,38,39,40,42,43,44)/b8-5+/t22-,26-,28+,29+,30-,32-,47?/m0/s1. The van der Waals surface area contributed by atoms with Crippen molar-refractivity contribution in [3.63, 3.8) is 0 Å². The molecule has 0 spiro atoms. The topological polar surface area (TPSA) is 109 Å². The van der Waals surface area contributed by atoms with Crippen molar-refractivity contribution in [2.45, 2.75) is 76.7 Å². The molecule has 4 aliphatic rings. The Balaban J connectivity index is 1.43. The van der Waals surface area contributed by atoms with Crippen LogP contribution in [0, 0.1) is 17.8 Å². The monoisotopic (exact) mass is 686 g/mol. The number of aryl methyl sites for hydroxylation is 1. The minimum Gasteiger partial charge on any atom is -0.491 e. The number of carbonyl (C=O) groups excluding carboxylic acids is 2. The van der Waals surface area contributed by atoms with Gasteiger partial charge in [0.05, 0.1) is 30.2 Å². The molecule has 2 heterocycles. The number of fused-ring (bicyclic) bond motifs is 3. The number of allylic oxidation sites excluding steroid dienone is 1. The molecular weight excluding hydrogens is 643 g/mol. The minimum atomic E-state index is -3.57. The number of rotatable bonds is 3. The Bertz CT molecular complexity index is 1650. The summed E-state index contributed by atoms with van der Waals surface area (Å²) in [7, 11) is -1.83. The Hall–Kier alpha value is -3.15. The van der Waals surface area contributed by atoms with Gasteiger partial charge in [0.15, 0.2) is 0 Å². The summed E-state index contributed by atoms with van der Waals surface area (Å²) in [5, 5.41) is 3.19. The normalized spacial score (nSPS) is 31.7. The van der Waals surface area contributed by atoms with Gasteiger partial charge < -0.3 is 19.7 Å². The Kier molecular flexibility index (Phi) is 10.4. The lowest BCUT2D eigenvalue weighted by Gasteiger charge is -2.43. The predicted molar refractivity (Wildman–Crippen MR) is 182 cm³/mol. The average Bonchev–Trinajstić information content (AvgIpc) is 3.71. The summed E-state index contributed by atoms with van der Waals surface area (Å²) in [5.74, 6) is 0.385. The van der Waals surface area contributed by atoms with E-state index in [9.17, 15) is 18.2 Å². The van der Waals surface area contributed by atoms with E-state index in [4.69, 9.17) is 21.1 Å². The SMILES string of the molecule is CO[C@H]1/C=C/C[C@H](C)CS(=O)(NC(=O)N[C@H]2C[C@H]2F)=NC(=O)c2ccc3c(c2)N(Cc2ccc(Cl)cc2CCCCO3)C[C@@H]2CC[C@H]21. The van der Waals surface area contributed by atoms with Crippen LogP contribution in [0.25, 0.3) is 0 Å². The first-order chi connectivity index (χ1) is 22.6. The lowest BCUT2D eigenvalue weighted by molar-refractivity contribution is 0.0133. The van der Waals surface area contributed by atoms with Gasteiger partial charge in [-0.15, -0.1) is 4.36 Å². The van der Waals surface area contributed by atoms with E-state index in [0.29, 0.717) is 42.2 Å². The third kappa shape index (κ3) is 8.29. The second-order valence-electron chi connectivity index (χ2n) is 13.4. The number of carbonyl (C=O) groups is 2. The highest BCUT2D eigenvalue weighted by atomic mass is 35.5. The summed E-state index contributed by atoms with van der Waals surface area (Å²) in [4.78, 5) is 28.8. The van der Waals surface area contributed by atoms with Crippen molar-refractivity contribution in [1.82, 2.24) is 10.0 Å². The molecule has 9 nitrogen and oxygen atoms in total. The number of anilines is 1. The van der Waals surface area contributed by atoms with Crippen LogP contribution in [0.5, 0.6) is 5.75 Å². The Labute approximate surface area is 281 Å². The van der Waals surface area contributed by atoms with Gasteiger partial charge in [0, 0.05) is 37.2 Å². The van der Waals surface area contributed by atoms with E-state index >= 15 is 0 Å². The number of amides is 3. The minimum absolute atomic E-state index is 0.0521. The number of hydrogen-bond donors (Lipinski definition) is 2. The molecular formula is C35H44ClFN4O5S. The summed E-state index contributed by atoms with van der Waals surface area (Å²) in [6.45, 7) is 3.72. The Morgan fingerprint density at radius 3 is 2.74 bits per heavy atom. The number of alkyl halides is 1. The zero-order chi connectivity index (χ0) is 33.1. The highest BCUT2D eigenvalue weighted by molar-refractivity contribution is 7.92. The van der Waals surface area contributed by atoms with Crippen molar-refractivity contribution >= 4 is 39.1 Å². The number of urea groups is 1. The fourth-order valence-corrected chi connectivity index (χ4v) is 8.86. The van der Waals surface area contributed by atoms with Crippen LogP contribution in [0.3, 0.4) is 0 Å². The number of nitrogens with one attached hydrogen (secondary N) is 2. The molecule has 2 aromatic rings. The van der Waals surface area contributed by atoms with E-state index in [-0.39, 0.29) is 29.8 Å². The zero-order valence-electron chi connectivity index (χ0n) is 27.0. The lowest BCUT2D eigenvalue weighted by atomic mass is 9.70. The molecule has 0 saturated heterocycles. The van der Waals surface area contributed by atoms with Gasteiger partial charge in [-0.3, -0.25) is 9.52 Å². The molecule has 2 aliphatic heterocycles. The predicted octanol–water partition coefficient (Wildman–Crippen LogP) is 6.63. The van der Waals surface area contributed by atoms with Crippen LogP contribution in [-0.2, 0) is 27.6 Å². The van der Waals surface area contributed by atoms with E-state index < -0.39 is 34.1 Å². The van der Waals surface area contributed by atoms with E-state index in [1.54, 1.807) is 25.3 Å². The van der Waals surface area contributed by atoms with E-state index in [0.717, 1.165) is 49.9 Å². The molecule has 47 heavy (non-hydrogen) atoms. The first-order valence-corrected chi connectivity index (χ1v) is 18.7. The fourth-order valence-electron chi connectivity index (χ4n) is 6.83. The Morgan fingerprint density at radius 2 is 2.00 bits per heavy atom. The lowest BCUT2D eigenvalue weighted by Crippen LogP contribution is -2.43. The van der Waals surface area contributed by atoms with E-state index in [1.807, 2.05) is 25.1 Å². The third-order valence-electron chi connectivity index (χ3n) is 9.69. The van der Waals surface area contributed by atoms with Crippen LogP contribution in [0.2, 0.25) is 5.02 Å². The van der Waals surface area contributed by atoms with Crippen LogP contribution < -0.4 is 19.7 Å². The molecule has 2 fully saturated rings. The highest BCUT2D eigenvalue weighted by Gasteiger charge is 2.40. The molecule has 0 aromatic heterocycles. The first kappa shape index (κ1) is 33.7. The van der Waals surface area contributed by atoms with Crippen LogP contribution in [0.1, 0.15) is 66.9 Å². The van der Waals surface area contributed by atoms with Gasteiger partial charge in [0.25, 0.3) is 5.91 Å². The summed E-state index contributed by atoms with van der Waals surface area (Å²) in [6, 6.07) is 9.80. The first-order valence-electron chi connectivity index (χ1n) is 16.6. The number of benzene rings is 2. The van der Waals surface area contributed by atoms with Gasteiger partial charge in [-0.05, 0) is 97.7 Å². The van der Waals surface area contributed by atoms with Gasteiger partial charge in [-0.1, -0.05) is 36.7 Å². The van der Waals surface area contributed by atoms with Crippen molar-refractivity contribution < 1.29 is 27.7 Å². The average molecular weight is 687 g/mol. The molecule has 1 unspecified atom stereocenters. The maximum Gasteiger partial charge on any atom is 0.327 e. The van der Waals surface area contributed by atoms with Gasteiger partial charge >= 0.3 is 6.03 Å². The molecule has 0 radical (unpaired) electrons. The quantitative estimate of drug-likeness (QED) is 0.351. The summed E-state index contributed by atoms with van der Waals surface area (Å²) in [6.07, 6.45) is 8.44. The number of nitrogens with zero attached hydrogens (tertiary/aromatic N) is 2. The molecule has 7 atom stereocenters. The van der Waals surface area contributed by atoms with E-state index in [1.165, 1.54) is 5.56 Å². The maximum absolute atomic E-state index is 14.2. The fraction of sp³-hybridized carbons (Fsp3) is 0.543. The second kappa shape index (κ2) is 14.5. The number of ether oxygens (including phenoxy) is 2. The molecule has 6 rings (SSSR count). The van der Waals surface area contributed by atoms with Crippen LogP contribution in [-0.4, -0.2) is 60.5 Å². The Morgan fingerprint density at radius 1 is 1.17 bits per heavy atom. The van der Waals surface area contributed by atoms with Crippen molar-refractivity contribution in [3.05, 3.63) is 70.3 Å². The number of methoxy groups -OCH3 is 1. The molecule has 2 saturated carbocycles. The summed E-state index contributed by atoms with van der Waals surface area (Å²) >= 11 is 6.43. The molecule has 2 bridgehead atoms. The molecule has 3 amide bonds. The third-order valence-corrected chi connectivity index (χ3v) is 11.9. The van der Waals surface area contributed by atoms with Crippen molar-refractivity contribution in [2.75, 3.05) is 30.9 Å². The smallest absolute Gasteiger partial charge is 0.327 e. The van der Waals surface area contributed by atoms with Crippen molar-refractivity contribution in [2.24, 2.45) is 22.1 Å². The maximum atomic E-state index is 14.2. The highest BCUT2D eigenvalue weighted by Crippen LogP contribution is 2.42. The van der Waals surface area contributed by atoms with Crippen LogP contribution in [0.4, 0.5) is 14.9 Å². The molecule has 12 heteroatoms.